The minimum absolute atomic E-state index is 0.146. The van der Waals surface area contributed by atoms with E-state index in [0.29, 0.717) is 13.1 Å². The van der Waals surface area contributed by atoms with E-state index >= 15 is 0 Å². The summed E-state index contributed by atoms with van der Waals surface area (Å²) in [7, 11) is 0. The van der Waals surface area contributed by atoms with Crippen molar-refractivity contribution < 1.29 is 13.9 Å². The van der Waals surface area contributed by atoms with Crippen LogP contribution in [0.5, 0.6) is 0 Å². The second-order valence-corrected chi connectivity index (χ2v) is 6.64. The van der Waals surface area contributed by atoms with Gasteiger partial charge in [-0.3, -0.25) is 0 Å². The number of carbonyl (C=O) groups excluding carboxylic acids is 1. The fourth-order valence-electron chi connectivity index (χ4n) is 2.16. The van der Waals surface area contributed by atoms with Crippen LogP contribution < -0.4 is 5.32 Å². The molecule has 0 aliphatic rings. The average molecular weight is 324 g/mol. The first kappa shape index (κ1) is 19.4. The van der Waals surface area contributed by atoms with Crippen LogP contribution in [0.2, 0.25) is 0 Å². The Hall–Kier alpha value is -1.62. The molecule has 0 aliphatic heterocycles. The van der Waals surface area contributed by atoms with Gasteiger partial charge in [-0.1, -0.05) is 12.1 Å². The van der Waals surface area contributed by atoms with Crippen LogP contribution in [0.3, 0.4) is 0 Å². The molecule has 1 unspecified atom stereocenters. The summed E-state index contributed by atoms with van der Waals surface area (Å²) < 4.78 is 18.3. The van der Waals surface area contributed by atoms with Crippen molar-refractivity contribution in [3.63, 3.8) is 0 Å². The minimum atomic E-state index is -0.472. The molecule has 0 heterocycles. The van der Waals surface area contributed by atoms with Crippen molar-refractivity contribution >= 4 is 6.09 Å². The molecule has 23 heavy (non-hydrogen) atoms. The second kappa shape index (κ2) is 8.87. The average Bonchev–Trinajstić information content (AvgIpc) is 2.45. The molecule has 0 aromatic heterocycles. The number of carbonyl (C=O) groups is 1. The van der Waals surface area contributed by atoms with Crippen molar-refractivity contribution in [2.75, 3.05) is 19.6 Å². The van der Waals surface area contributed by atoms with E-state index in [9.17, 15) is 9.18 Å². The highest BCUT2D eigenvalue weighted by Gasteiger charge is 2.20. The summed E-state index contributed by atoms with van der Waals surface area (Å²) in [6.07, 6.45) is 0.560. The van der Waals surface area contributed by atoms with Gasteiger partial charge in [0, 0.05) is 19.1 Å². The van der Waals surface area contributed by atoms with E-state index in [0.717, 1.165) is 18.5 Å². The standard InChI is InChI=1S/C18H29FN2O2/c1-6-21(17(22)23-18(3,4)5)13-7-12-20-14(2)15-8-10-16(19)11-9-15/h8-11,14,20H,6-7,12-13H2,1-5H3. The van der Waals surface area contributed by atoms with Crippen LogP contribution in [-0.4, -0.2) is 36.2 Å². The van der Waals surface area contributed by atoms with Gasteiger partial charge < -0.3 is 15.0 Å². The Morgan fingerprint density at radius 1 is 1.30 bits per heavy atom. The van der Waals surface area contributed by atoms with Crippen LogP contribution in [0.4, 0.5) is 9.18 Å². The molecule has 0 spiro atoms. The lowest BCUT2D eigenvalue weighted by Gasteiger charge is -2.26. The van der Waals surface area contributed by atoms with Gasteiger partial charge in [-0.15, -0.1) is 0 Å². The van der Waals surface area contributed by atoms with Crippen molar-refractivity contribution in [3.8, 4) is 0 Å². The maximum Gasteiger partial charge on any atom is 0.410 e. The number of nitrogens with one attached hydrogen (secondary N) is 1. The number of benzene rings is 1. The van der Waals surface area contributed by atoms with Crippen molar-refractivity contribution in [2.45, 2.75) is 52.7 Å². The van der Waals surface area contributed by atoms with Gasteiger partial charge in [0.05, 0.1) is 0 Å². The van der Waals surface area contributed by atoms with Gasteiger partial charge >= 0.3 is 6.09 Å². The molecule has 1 N–H and O–H groups in total. The van der Waals surface area contributed by atoms with Crippen molar-refractivity contribution in [2.24, 2.45) is 0 Å². The predicted molar refractivity (Wildman–Crippen MR) is 90.9 cm³/mol. The van der Waals surface area contributed by atoms with Crippen LogP contribution >= 0.6 is 0 Å². The molecule has 0 fully saturated rings. The number of amides is 1. The predicted octanol–water partition coefficient (Wildman–Crippen LogP) is 4.12. The fraction of sp³-hybridized carbons (Fsp3) is 0.611. The van der Waals surface area contributed by atoms with Gasteiger partial charge in [0.1, 0.15) is 11.4 Å². The van der Waals surface area contributed by atoms with E-state index in [-0.39, 0.29) is 18.0 Å². The molecule has 1 amide bonds. The molecule has 1 rings (SSSR count). The van der Waals surface area contributed by atoms with Crippen LogP contribution in [0.25, 0.3) is 0 Å². The van der Waals surface area contributed by atoms with Crippen molar-refractivity contribution in [3.05, 3.63) is 35.6 Å². The van der Waals surface area contributed by atoms with Crippen LogP contribution in [-0.2, 0) is 4.74 Å². The molecule has 0 radical (unpaired) electrons. The highest BCUT2D eigenvalue weighted by Crippen LogP contribution is 2.13. The fourth-order valence-corrected chi connectivity index (χ4v) is 2.16. The van der Waals surface area contributed by atoms with Crippen LogP contribution in [0.1, 0.15) is 52.6 Å². The Morgan fingerprint density at radius 2 is 1.91 bits per heavy atom. The highest BCUT2D eigenvalue weighted by atomic mass is 19.1. The summed E-state index contributed by atoms with van der Waals surface area (Å²) in [5, 5.41) is 3.38. The summed E-state index contributed by atoms with van der Waals surface area (Å²) >= 11 is 0. The third-order valence-corrected chi connectivity index (χ3v) is 3.46. The number of hydrogen-bond acceptors (Lipinski definition) is 3. The van der Waals surface area contributed by atoms with Crippen LogP contribution in [0.15, 0.2) is 24.3 Å². The molecule has 0 bridgehead atoms. The smallest absolute Gasteiger partial charge is 0.410 e. The zero-order valence-electron chi connectivity index (χ0n) is 14.9. The summed E-state index contributed by atoms with van der Waals surface area (Å²) in [5.74, 6) is -0.225. The quantitative estimate of drug-likeness (QED) is 0.767. The monoisotopic (exact) mass is 324 g/mol. The Labute approximate surface area is 139 Å². The van der Waals surface area contributed by atoms with Crippen LogP contribution in [0, 0.1) is 5.82 Å². The van der Waals surface area contributed by atoms with E-state index in [2.05, 4.69) is 5.32 Å². The lowest BCUT2D eigenvalue weighted by Crippen LogP contribution is -2.38. The van der Waals surface area contributed by atoms with Gasteiger partial charge in [0.2, 0.25) is 0 Å². The second-order valence-electron chi connectivity index (χ2n) is 6.64. The molecule has 1 atom stereocenters. The molecule has 0 aliphatic carbocycles. The van der Waals surface area contributed by atoms with Gasteiger partial charge in [-0.05, 0) is 65.3 Å². The van der Waals surface area contributed by atoms with Gasteiger partial charge in [-0.2, -0.15) is 0 Å². The topological polar surface area (TPSA) is 41.6 Å². The van der Waals surface area contributed by atoms with E-state index in [1.54, 1.807) is 17.0 Å². The first-order valence-electron chi connectivity index (χ1n) is 8.19. The number of nitrogens with zero attached hydrogens (tertiary/aromatic N) is 1. The van der Waals surface area contributed by atoms with E-state index in [1.165, 1.54) is 12.1 Å². The molecule has 5 heteroatoms. The Bertz CT molecular complexity index is 483. The van der Waals surface area contributed by atoms with E-state index in [1.807, 2.05) is 34.6 Å². The molecular weight excluding hydrogens is 295 g/mol. The Morgan fingerprint density at radius 3 is 2.43 bits per heavy atom. The lowest BCUT2D eigenvalue weighted by molar-refractivity contribution is 0.0258. The summed E-state index contributed by atoms with van der Waals surface area (Å²) in [4.78, 5) is 13.7. The first-order chi connectivity index (χ1) is 10.7. The SMILES string of the molecule is CCN(CCCNC(C)c1ccc(F)cc1)C(=O)OC(C)(C)C. The molecule has 0 saturated heterocycles. The number of hydrogen-bond donors (Lipinski definition) is 1. The molecule has 4 nitrogen and oxygen atoms in total. The zero-order valence-corrected chi connectivity index (χ0v) is 14.9. The van der Waals surface area contributed by atoms with E-state index < -0.39 is 5.60 Å². The maximum absolute atomic E-state index is 12.9. The first-order valence-corrected chi connectivity index (χ1v) is 8.19. The van der Waals surface area contributed by atoms with Gasteiger partial charge in [0.15, 0.2) is 0 Å². The third kappa shape index (κ3) is 7.46. The lowest BCUT2D eigenvalue weighted by atomic mass is 10.1. The summed E-state index contributed by atoms with van der Waals surface area (Å²) in [6.45, 7) is 11.6. The number of halogens is 1. The Kier molecular flexibility index (Phi) is 7.49. The largest absolute Gasteiger partial charge is 0.444 e. The molecule has 1 aromatic carbocycles. The normalized spacial score (nSPS) is 12.8. The maximum atomic E-state index is 12.9. The third-order valence-electron chi connectivity index (χ3n) is 3.46. The van der Waals surface area contributed by atoms with Crippen molar-refractivity contribution in [1.82, 2.24) is 10.2 Å². The molecule has 1 aromatic rings. The summed E-state index contributed by atoms with van der Waals surface area (Å²) in [6, 6.07) is 6.65. The highest BCUT2D eigenvalue weighted by molar-refractivity contribution is 5.68. The minimum Gasteiger partial charge on any atom is -0.444 e. The van der Waals surface area contributed by atoms with Gasteiger partial charge in [0.25, 0.3) is 0 Å². The van der Waals surface area contributed by atoms with E-state index in [4.69, 9.17) is 4.74 Å². The molecular formula is C18H29FN2O2. The Balaban J connectivity index is 2.34. The molecule has 130 valence electrons. The van der Waals surface area contributed by atoms with Gasteiger partial charge in [-0.25, -0.2) is 9.18 Å². The molecule has 0 saturated carbocycles. The number of rotatable bonds is 7. The van der Waals surface area contributed by atoms with Crippen molar-refractivity contribution in [1.29, 1.82) is 0 Å². The summed E-state index contributed by atoms with van der Waals surface area (Å²) in [5.41, 5.74) is 0.575. The number of ether oxygens (including phenoxy) is 1. The zero-order chi connectivity index (χ0) is 17.5.